The van der Waals surface area contributed by atoms with E-state index in [0.717, 1.165) is 6.42 Å². The summed E-state index contributed by atoms with van der Waals surface area (Å²) in [6.45, 7) is 4.72. The zero-order valence-electron chi connectivity index (χ0n) is 26.4. The molecule has 0 bridgehead atoms. The van der Waals surface area contributed by atoms with Gasteiger partial charge in [-0.1, -0.05) is 159 Å². The number of benzene rings is 6. The SMILES string of the molecule is CC1(C)c2ccccc2-c2ccc(N(c3ccc(-c4ccc(-c5ccccc5)cc4)cc3)C3C=CC(c4ccccc4)=CC3)cc21. The third kappa shape index (κ3) is 4.99. The summed E-state index contributed by atoms with van der Waals surface area (Å²) in [6, 6.07) is 55.5. The standard InChI is InChI=1S/C45H37N/c1-45(2)43-16-10-9-15-41(43)42-30-29-40(31-44(42)45)46(38-25-21-36(22-26-38)33-13-7-4-8-14-33)39-27-23-37(24-28-39)35-19-17-34(18-20-35)32-11-5-3-6-12-32/h3-25,27-31,38H,26H2,1-2H3. The number of rotatable bonds is 6. The van der Waals surface area contributed by atoms with E-state index in [1.807, 2.05) is 0 Å². The van der Waals surface area contributed by atoms with Crippen molar-refractivity contribution in [2.75, 3.05) is 4.90 Å². The molecule has 0 spiro atoms. The first kappa shape index (κ1) is 28.1. The van der Waals surface area contributed by atoms with Crippen molar-refractivity contribution in [3.05, 3.63) is 187 Å². The van der Waals surface area contributed by atoms with Gasteiger partial charge in [0.25, 0.3) is 0 Å². The van der Waals surface area contributed by atoms with Crippen LogP contribution >= 0.6 is 0 Å². The van der Waals surface area contributed by atoms with Gasteiger partial charge in [0.15, 0.2) is 0 Å². The summed E-state index contributed by atoms with van der Waals surface area (Å²) in [5.74, 6) is 0. The summed E-state index contributed by atoms with van der Waals surface area (Å²) in [5.41, 5.74) is 15.4. The molecule has 1 heteroatoms. The minimum Gasteiger partial charge on any atom is -0.334 e. The Morgan fingerprint density at radius 1 is 0.500 bits per heavy atom. The van der Waals surface area contributed by atoms with Crippen molar-refractivity contribution in [1.82, 2.24) is 0 Å². The van der Waals surface area contributed by atoms with Gasteiger partial charge in [-0.05, 0) is 86.3 Å². The van der Waals surface area contributed by atoms with Gasteiger partial charge < -0.3 is 4.90 Å². The zero-order chi connectivity index (χ0) is 31.1. The fraction of sp³-hybridized carbons (Fsp3) is 0.111. The molecule has 0 N–H and O–H groups in total. The third-order valence-electron chi connectivity index (χ3n) is 9.83. The Balaban J connectivity index is 1.15. The molecule has 46 heavy (non-hydrogen) atoms. The summed E-state index contributed by atoms with van der Waals surface area (Å²) in [7, 11) is 0. The first-order chi connectivity index (χ1) is 22.6. The monoisotopic (exact) mass is 591 g/mol. The van der Waals surface area contributed by atoms with Crippen molar-refractivity contribution in [3.63, 3.8) is 0 Å². The van der Waals surface area contributed by atoms with E-state index in [1.54, 1.807) is 0 Å². The van der Waals surface area contributed by atoms with Gasteiger partial charge in [0.05, 0.1) is 6.04 Å². The minimum atomic E-state index is -0.0494. The molecule has 1 nitrogen and oxygen atoms in total. The van der Waals surface area contributed by atoms with Gasteiger partial charge in [-0.3, -0.25) is 0 Å². The molecule has 0 aromatic heterocycles. The maximum atomic E-state index is 2.52. The predicted octanol–water partition coefficient (Wildman–Crippen LogP) is 11.9. The lowest BCUT2D eigenvalue weighted by atomic mass is 9.82. The molecule has 0 saturated heterocycles. The Bertz CT molecular complexity index is 2060. The maximum absolute atomic E-state index is 2.52. The van der Waals surface area contributed by atoms with E-state index in [4.69, 9.17) is 0 Å². The summed E-state index contributed by atoms with van der Waals surface area (Å²) in [5, 5.41) is 0. The lowest BCUT2D eigenvalue weighted by molar-refractivity contribution is 0.659. The molecule has 1 atom stereocenters. The van der Waals surface area contributed by atoms with Gasteiger partial charge in [-0.25, -0.2) is 0 Å². The minimum absolute atomic E-state index is 0.0494. The van der Waals surface area contributed by atoms with Crippen LogP contribution in [0.15, 0.2) is 170 Å². The van der Waals surface area contributed by atoms with Crippen LogP contribution in [0.5, 0.6) is 0 Å². The highest BCUT2D eigenvalue weighted by molar-refractivity contribution is 5.84. The molecule has 6 aromatic carbocycles. The number of nitrogens with zero attached hydrogens (tertiary/aromatic N) is 1. The predicted molar refractivity (Wildman–Crippen MR) is 195 cm³/mol. The molecule has 6 aromatic rings. The van der Waals surface area contributed by atoms with Crippen molar-refractivity contribution >= 4 is 16.9 Å². The van der Waals surface area contributed by atoms with E-state index < -0.39 is 0 Å². The lowest BCUT2D eigenvalue weighted by Crippen LogP contribution is -2.30. The van der Waals surface area contributed by atoms with Gasteiger partial charge >= 0.3 is 0 Å². The summed E-state index contributed by atoms with van der Waals surface area (Å²) in [6.07, 6.45) is 8.00. The Kier molecular flexibility index (Phi) is 7.03. The molecule has 0 radical (unpaired) electrons. The summed E-state index contributed by atoms with van der Waals surface area (Å²) in [4.78, 5) is 2.52. The molecule has 0 heterocycles. The first-order valence-corrected chi connectivity index (χ1v) is 16.3. The molecule has 8 rings (SSSR count). The van der Waals surface area contributed by atoms with E-state index in [2.05, 4.69) is 189 Å². The fourth-order valence-corrected chi connectivity index (χ4v) is 7.32. The average Bonchev–Trinajstić information content (AvgIpc) is 3.35. The molecule has 222 valence electrons. The van der Waals surface area contributed by atoms with Crippen LogP contribution in [0.4, 0.5) is 11.4 Å². The van der Waals surface area contributed by atoms with Gasteiger partial charge in [-0.15, -0.1) is 0 Å². The van der Waals surface area contributed by atoms with Gasteiger partial charge in [0.1, 0.15) is 0 Å². The molecule has 0 aliphatic heterocycles. The molecule has 2 aliphatic carbocycles. The summed E-state index contributed by atoms with van der Waals surface area (Å²) < 4.78 is 0. The van der Waals surface area contributed by atoms with Crippen molar-refractivity contribution in [2.45, 2.75) is 31.7 Å². The van der Waals surface area contributed by atoms with Crippen molar-refractivity contribution < 1.29 is 0 Å². The van der Waals surface area contributed by atoms with Crippen molar-refractivity contribution in [2.24, 2.45) is 0 Å². The average molecular weight is 592 g/mol. The smallest absolute Gasteiger partial charge is 0.0560 e. The van der Waals surface area contributed by atoms with E-state index in [1.165, 1.54) is 67.0 Å². The quantitative estimate of drug-likeness (QED) is 0.186. The van der Waals surface area contributed by atoms with Crippen LogP contribution in [-0.2, 0) is 5.41 Å². The van der Waals surface area contributed by atoms with Crippen LogP contribution < -0.4 is 4.90 Å². The maximum Gasteiger partial charge on any atom is 0.0560 e. The van der Waals surface area contributed by atoms with Crippen molar-refractivity contribution in [3.8, 4) is 33.4 Å². The lowest BCUT2D eigenvalue weighted by Gasteiger charge is -2.34. The second-order valence-electron chi connectivity index (χ2n) is 12.9. The molecular weight excluding hydrogens is 555 g/mol. The van der Waals surface area contributed by atoms with E-state index >= 15 is 0 Å². The molecule has 0 fully saturated rings. The fourth-order valence-electron chi connectivity index (χ4n) is 7.32. The summed E-state index contributed by atoms with van der Waals surface area (Å²) >= 11 is 0. The van der Waals surface area contributed by atoms with Gasteiger partial charge in [0.2, 0.25) is 0 Å². The van der Waals surface area contributed by atoms with Crippen LogP contribution in [0, 0.1) is 0 Å². The normalized spacial score (nSPS) is 16.0. The number of hydrogen-bond acceptors (Lipinski definition) is 1. The Labute approximate surface area is 272 Å². The van der Waals surface area contributed by atoms with Crippen LogP contribution in [-0.4, -0.2) is 6.04 Å². The Hall–Kier alpha value is -5.40. The Morgan fingerprint density at radius 2 is 1.02 bits per heavy atom. The van der Waals surface area contributed by atoms with E-state index in [9.17, 15) is 0 Å². The first-order valence-electron chi connectivity index (χ1n) is 16.3. The second kappa shape index (κ2) is 11.5. The van der Waals surface area contributed by atoms with Crippen molar-refractivity contribution in [1.29, 1.82) is 0 Å². The molecule has 0 amide bonds. The molecule has 1 unspecified atom stereocenters. The number of anilines is 2. The van der Waals surface area contributed by atoms with Crippen LogP contribution in [0.2, 0.25) is 0 Å². The second-order valence-corrected chi connectivity index (χ2v) is 12.9. The largest absolute Gasteiger partial charge is 0.334 e. The van der Waals surface area contributed by atoms with E-state index in [0.29, 0.717) is 0 Å². The van der Waals surface area contributed by atoms with E-state index in [-0.39, 0.29) is 11.5 Å². The highest BCUT2D eigenvalue weighted by atomic mass is 15.2. The van der Waals surface area contributed by atoms with Crippen LogP contribution in [0.25, 0.3) is 39.0 Å². The van der Waals surface area contributed by atoms with Crippen LogP contribution in [0.1, 0.15) is 37.0 Å². The topological polar surface area (TPSA) is 3.24 Å². The zero-order valence-corrected chi connectivity index (χ0v) is 26.4. The van der Waals surface area contributed by atoms with Gasteiger partial charge in [-0.2, -0.15) is 0 Å². The molecule has 0 saturated carbocycles. The van der Waals surface area contributed by atoms with Crippen LogP contribution in [0.3, 0.4) is 0 Å². The number of hydrogen-bond donors (Lipinski definition) is 0. The number of fused-ring (bicyclic) bond motifs is 3. The number of allylic oxidation sites excluding steroid dienone is 2. The third-order valence-corrected chi connectivity index (χ3v) is 9.83. The molecular formula is C45H37N. The highest BCUT2D eigenvalue weighted by Gasteiger charge is 2.36. The molecule has 2 aliphatic rings. The highest BCUT2D eigenvalue weighted by Crippen LogP contribution is 2.50. The Morgan fingerprint density at radius 3 is 1.65 bits per heavy atom. The van der Waals surface area contributed by atoms with Gasteiger partial charge in [0, 0.05) is 16.8 Å².